The van der Waals surface area contributed by atoms with E-state index in [2.05, 4.69) is 17.9 Å². The van der Waals surface area contributed by atoms with E-state index in [4.69, 9.17) is 15.2 Å². The zero-order valence-electron chi connectivity index (χ0n) is 12.3. The molecule has 0 saturated heterocycles. The highest BCUT2D eigenvalue weighted by molar-refractivity contribution is 5.37. The van der Waals surface area contributed by atoms with Crippen LogP contribution in [0.4, 0.5) is 0 Å². The number of likely N-dealkylation sites (N-methyl/N-ethyl adjacent to an activating group) is 1. The van der Waals surface area contributed by atoms with E-state index in [0.29, 0.717) is 6.54 Å². The summed E-state index contributed by atoms with van der Waals surface area (Å²) in [6.07, 6.45) is 0. The molecule has 4 heteroatoms. The monoisotopic (exact) mass is 266 g/mol. The van der Waals surface area contributed by atoms with Crippen molar-refractivity contribution in [3.8, 4) is 5.75 Å². The van der Waals surface area contributed by atoms with Gasteiger partial charge in [-0.1, -0.05) is 13.0 Å². The second-order valence-electron chi connectivity index (χ2n) is 4.42. The van der Waals surface area contributed by atoms with Crippen LogP contribution in [0.15, 0.2) is 18.2 Å². The molecule has 0 spiro atoms. The number of ether oxygens (including phenoxy) is 2. The Morgan fingerprint density at radius 3 is 2.63 bits per heavy atom. The average molecular weight is 266 g/mol. The molecule has 0 amide bonds. The van der Waals surface area contributed by atoms with Gasteiger partial charge in [0.25, 0.3) is 0 Å². The largest absolute Gasteiger partial charge is 0.496 e. The molecule has 2 N–H and O–H groups in total. The van der Waals surface area contributed by atoms with Crippen LogP contribution in [-0.2, 0) is 17.8 Å². The first-order valence-corrected chi connectivity index (χ1v) is 6.91. The summed E-state index contributed by atoms with van der Waals surface area (Å²) in [4.78, 5) is 2.34. The number of benzene rings is 1. The van der Waals surface area contributed by atoms with Crippen molar-refractivity contribution in [3.63, 3.8) is 0 Å². The highest BCUT2D eigenvalue weighted by atomic mass is 16.5. The quantitative estimate of drug-likeness (QED) is 0.695. The molecule has 0 aliphatic rings. The topological polar surface area (TPSA) is 47.7 Å². The van der Waals surface area contributed by atoms with Gasteiger partial charge in [0.2, 0.25) is 0 Å². The predicted molar refractivity (Wildman–Crippen MR) is 78.3 cm³/mol. The molecule has 1 rings (SSSR count). The van der Waals surface area contributed by atoms with E-state index < -0.39 is 0 Å². The van der Waals surface area contributed by atoms with Crippen LogP contribution in [0.25, 0.3) is 0 Å². The molecule has 0 fully saturated rings. The molecule has 0 unspecified atom stereocenters. The van der Waals surface area contributed by atoms with E-state index in [1.165, 1.54) is 5.56 Å². The van der Waals surface area contributed by atoms with Gasteiger partial charge in [-0.25, -0.2) is 0 Å². The highest BCUT2D eigenvalue weighted by Gasteiger charge is 2.09. The lowest BCUT2D eigenvalue weighted by molar-refractivity contribution is 0.112. The van der Waals surface area contributed by atoms with Crippen molar-refractivity contribution < 1.29 is 9.47 Å². The molecule has 108 valence electrons. The van der Waals surface area contributed by atoms with Gasteiger partial charge in [-0.3, -0.25) is 4.90 Å². The van der Waals surface area contributed by atoms with Crippen molar-refractivity contribution in [1.29, 1.82) is 0 Å². The number of rotatable bonds is 9. The second-order valence-corrected chi connectivity index (χ2v) is 4.42. The molecule has 0 atom stereocenters. The molecule has 0 heterocycles. The first kappa shape index (κ1) is 16.0. The summed E-state index contributed by atoms with van der Waals surface area (Å²) in [6, 6.07) is 6.13. The maximum absolute atomic E-state index is 5.70. The molecule has 4 nitrogen and oxygen atoms in total. The standard InChI is InChI=1S/C15H26N2O2/c1-4-17(8-9-19-5-2)12-14-10-13(11-16)6-7-15(14)18-3/h6-7,10H,4-5,8-9,11-12,16H2,1-3H3. The summed E-state index contributed by atoms with van der Waals surface area (Å²) in [5, 5.41) is 0. The van der Waals surface area contributed by atoms with Gasteiger partial charge >= 0.3 is 0 Å². The van der Waals surface area contributed by atoms with Crippen molar-refractivity contribution in [2.45, 2.75) is 26.9 Å². The molecule has 1 aromatic rings. The Kier molecular flexibility index (Phi) is 7.48. The van der Waals surface area contributed by atoms with Gasteiger partial charge in [-0.15, -0.1) is 0 Å². The first-order valence-electron chi connectivity index (χ1n) is 6.91. The average Bonchev–Trinajstić information content (AvgIpc) is 2.46. The molecule has 0 saturated carbocycles. The van der Waals surface area contributed by atoms with Gasteiger partial charge in [0.15, 0.2) is 0 Å². The van der Waals surface area contributed by atoms with Crippen LogP contribution in [0.2, 0.25) is 0 Å². The molecule has 0 bridgehead atoms. The Labute approximate surface area is 116 Å². The van der Waals surface area contributed by atoms with Crippen molar-refractivity contribution >= 4 is 0 Å². The van der Waals surface area contributed by atoms with Crippen molar-refractivity contribution in [2.24, 2.45) is 5.73 Å². The van der Waals surface area contributed by atoms with E-state index in [1.54, 1.807) is 7.11 Å². The Morgan fingerprint density at radius 2 is 2.05 bits per heavy atom. The second kappa shape index (κ2) is 8.91. The van der Waals surface area contributed by atoms with Crippen molar-refractivity contribution in [3.05, 3.63) is 29.3 Å². The third-order valence-corrected chi connectivity index (χ3v) is 3.18. The van der Waals surface area contributed by atoms with Crippen LogP contribution in [0.1, 0.15) is 25.0 Å². The normalized spacial score (nSPS) is 11.0. The SMILES string of the molecule is CCOCCN(CC)Cc1cc(CN)ccc1OC. The van der Waals surface area contributed by atoms with Crippen molar-refractivity contribution in [2.75, 3.05) is 33.4 Å². The molecule has 0 radical (unpaired) electrons. The fourth-order valence-electron chi connectivity index (χ4n) is 2.01. The number of methoxy groups -OCH3 is 1. The minimum Gasteiger partial charge on any atom is -0.496 e. The fourth-order valence-corrected chi connectivity index (χ4v) is 2.01. The smallest absolute Gasteiger partial charge is 0.123 e. The van der Waals surface area contributed by atoms with Crippen LogP contribution in [0, 0.1) is 0 Å². The lowest BCUT2D eigenvalue weighted by atomic mass is 10.1. The van der Waals surface area contributed by atoms with E-state index >= 15 is 0 Å². The van der Waals surface area contributed by atoms with Gasteiger partial charge in [-0.05, 0) is 31.2 Å². The summed E-state index contributed by atoms with van der Waals surface area (Å²) in [5.41, 5.74) is 8.02. The van der Waals surface area contributed by atoms with Crippen LogP contribution >= 0.6 is 0 Å². The van der Waals surface area contributed by atoms with Gasteiger partial charge < -0.3 is 15.2 Å². The Morgan fingerprint density at radius 1 is 1.26 bits per heavy atom. The van der Waals surface area contributed by atoms with E-state index in [-0.39, 0.29) is 0 Å². The van der Waals surface area contributed by atoms with Crippen molar-refractivity contribution in [1.82, 2.24) is 4.90 Å². The van der Waals surface area contributed by atoms with Crippen LogP contribution in [0.5, 0.6) is 5.75 Å². The van der Waals surface area contributed by atoms with Gasteiger partial charge in [-0.2, -0.15) is 0 Å². The number of hydrogen-bond acceptors (Lipinski definition) is 4. The Balaban J connectivity index is 2.71. The zero-order chi connectivity index (χ0) is 14.1. The summed E-state index contributed by atoms with van der Waals surface area (Å²) in [6.45, 7) is 9.05. The highest BCUT2D eigenvalue weighted by Crippen LogP contribution is 2.21. The minimum absolute atomic E-state index is 0.558. The lowest BCUT2D eigenvalue weighted by Gasteiger charge is -2.22. The van der Waals surface area contributed by atoms with E-state index in [0.717, 1.165) is 44.2 Å². The van der Waals surface area contributed by atoms with Gasteiger partial charge in [0.05, 0.1) is 13.7 Å². The molecule has 0 aliphatic carbocycles. The van der Waals surface area contributed by atoms with Gasteiger partial charge in [0, 0.05) is 31.8 Å². The van der Waals surface area contributed by atoms with E-state index in [1.807, 2.05) is 19.1 Å². The first-order chi connectivity index (χ1) is 9.24. The van der Waals surface area contributed by atoms with Crippen LogP contribution in [0.3, 0.4) is 0 Å². The summed E-state index contributed by atoms with van der Waals surface area (Å²) in [7, 11) is 1.71. The number of nitrogens with two attached hydrogens (primary N) is 1. The van der Waals surface area contributed by atoms with Gasteiger partial charge in [0.1, 0.15) is 5.75 Å². The number of nitrogens with zero attached hydrogens (tertiary/aromatic N) is 1. The molecule has 19 heavy (non-hydrogen) atoms. The molecular formula is C15H26N2O2. The van der Waals surface area contributed by atoms with E-state index in [9.17, 15) is 0 Å². The lowest BCUT2D eigenvalue weighted by Crippen LogP contribution is -2.27. The molecule has 0 aliphatic heterocycles. The minimum atomic E-state index is 0.558. The van der Waals surface area contributed by atoms with Crippen LogP contribution in [-0.4, -0.2) is 38.3 Å². The molecule has 1 aromatic carbocycles. The zero-order valence-corrected chi connectivity index (χ0v) is 12.3. The Bertz CT molecular complexity index is 369. The molecular weight excluding hydrogens is 240 g/mol. The summed E-state index contributed by atoms with van der Waals surface area (Å²) in [5.74, 6) is 0.923. The maximum Gasteiger partial charge on any atom is 0.123 e. The fraction of sp³-hybridized carbons (Fsp3) is 0.600. The summed E-state index contributed by atoms with van der Waals surface area (Å²) < 4.78 is 10.8. The number of hydrogen-bond donors (Lipinski definition) is 1. The molecule has 0 aromatic heterocycles. The Hall–Kier alpha value is -1.10. The third-order valence-electron chi connectivity index (χ3n) is 3.18. The van der Waals surface area contributed by atoms with Crippen LogP contribution < -0.4 is 10.5 Å². The maximum atomic E-state index is 5.70. The summed E-state index contributed by atoms with van der Waals surface area (Å²) >= 11 is 0. The third kappa shape index (κ3) is 5.19. The predicted octanol–water partition coefficient (Wildman–Crippen LogP) is 2.01.